The first-order chi connectivity index (χ1) is 14.2. The van der Waals surface area contributed by atoms with Gasteiger partial charge in [-0.2, -0.15) is 4.68 Å². The molecule has 1 aliphatic heterocycles. The van der Waals surface area contributed by atoms with E-state index in [1.54, 1.807) is 4.68 Å². The summed E-state index contributed by atoms with van der Waals surface area (Å²) in [5, 5.41) is 12.1. The third-order valence-electron chi connectivity index (χ3n) is 4.96. The quantitative estimate of drug-likeness (QED) is 0.638. The zero-order valence-electron chi connectivity index (χ0n) is 16.4. The maximum atomic E-state index is 12.7. The maximum absolute atomic E-state index is 12.7. The van der Waals surface area contributed by atoms with Crippen molar-refractivity contribution in [1.29, 1.82) is 0 Å². The highest BCUT2D eigenvalue weighted by Crippen LogP contribution is 2.18. The Morgan fingerprint density at radius 2 is 1.72 bits per heavy atom. The van der Waals surface area contributed by atoms with Crippen molar-refractivity contribution < 1.29 is 9.53 Å². The van der Waals surface area contributed by atoms with Crippen LogP contribution in [0.15, 0.2) is 54.6 Å². The Hall–Kier alpha value is -3.42. The molecule has 0 atom stereocenters. The van der Waals surface area contributed by atoms with Gasteiger partial charge in [-0.3, -0.25) is 4.79 Å². The maximum Gasteiger partial charge on any atom is 0.250 e. The third-order valence-corrected chi connectivity index (χ3v) is 4.96. The number of hydrogen-bond donors (Lipinski definition) is 0. The van der Waals surface area contributed by atoms with Crippen molar-refractivity contribution in [1.82, 2.24) is 25.1 Å². The molecule has 0 saturated carbocycles. The van der Waals surface area contributed by atoms with Crippen LogP contribution >= 0.6 is 0 Å². The van der Waals surface area contributed by atoms with Gasteiger partial charge in [0.15, 0.2) is 0 Å². The molecule has 29 heavy (non-hydrogen) atoms. The van der Waals surface area contributed by atoms with Crippen LogP contribution in [0.2, 0.25) is 0 Å². The van der Waals surface area contributed by atoms with Gasteiger partial charge in [0.05, 0.1) is 18.7 Å². The summed E-state index contributed by atoms with van der Waals surface area (Å²) in [6.07, 6.45) is 0.397. The van der Waals surface area contributed by atoms with Gasteiger partial charge in [0.2, 0.25) is 11.9 Å². The molecule has 0 spiro atoms. The number of carbonyl (C=O) groups excluding carboxylic acids is 1. The lowest BCUT2D eigenvalue weighted by Gasteiger charge is -2.34. The lowest BCUT2D eigenvalue weighted by molar-refractivity contribution is -0.130. The van der Waals surface area contributed by atoms with Crippen LogP contribution < -0.4 is 9.64 Å². The standard InChI is InChI=1S/C21H24N6O2/c1-2-29-19-10-8-17(9-11-19)16-20(28)25-12-14-26(15-13-25)21-22-23-24-27(21)18-6-4-3-5-7-18/h3-11H,2,12-16H2,1H3. The predicted octanol–water partition coefficient (Wildman–Crippen LogP) is 1.95. The minimum atomic E-state index is 0.136. The van der Waals surface area contributed by atoms with Crippen LogP contribution in [0.25, 0.3) is 5.69 Å². The summed E-state index contributed by atoms with van der Waals surface area (Å²) in [4.78, 5) is 16.7. The fourth-order valence-electron chi connectivity index (χ4n) is 3.43. The summed E-state index contributed by atoms with van der Waals surface area (Å²) >= 11 is 0. The second-order valence-corrected chi connectivity index (χ2v) is 6.85. The largest absolute Gasteiger partial charge is 0.494 e. The number of piperazine rings is 1. The molecule has 0 N–H and O–H groups in total. The van der Waals surface area contributed by atoms with Crippen LogP contribution in [0.4, 0.5) is 5.95 Å². The van der Waals surface area contributed by atoms with Crippen molar-refractivity contribution in [3.63, 3.8) is 0 Å². The highest BCUT2D eigenvalue weighted by molar-refractivity contribution is 5.79. The fraction of sp³-hybridized carbons (Fsp3) is 0.333. The molecular weight excluding hydrogens is 368 g/mol. The molecule has 3 aromatic rings. The van der Waals surface area contributed by atoms with Crippen molar-refractivity contribution in [2.45, 2.75) is 13.3 Å². The fourth-order valence-corrected chi connectivity index (χ4v) is 3.43. The first-order valence-electron chi connectivity index (χ1n) is 9.83. The van der Waals surface area contributed by atoms with Gasteiger partial charge in [-0.05, 0) is 47.2 Å². The van der Waals surface area contributed by atoms with Crippen molar-refractivity contribution in [3.05, 3.63) is 60.2 Å². The molecule has 0 unspecified atom stereocenters. The molecule has 1 saturated heterocycles. The van der Waals surface area contributed by atoms with Gasteiger partial charge in [0.1, 0.15) is 5.75 Å². The third kappa shape index (κ3) is 4.37. The topological polar surface area (TPSA) is 76.4 Å². The predicted molar refractivity (Wildman–Crippen MR) is 109 cm³/mol. The molecule has 0 radical (unpaired) electrons. The zero-order valence-corrected chi connectivity index (χ0v) is 16.4. The van der Waals surface area contributed by atoms with Gasteiger partial charge in [-0.15, -0.1) is 0 Å². The summed E-state index contributed by atoms with van der Waals surface area (Å²) in [5.41, 5.74) is 1.91. The monoisotopic (exact) mass is 392 g/mol. The highest BCUT2D eigenvalue weighted by atomic mass is 16.5. The van der Waals surface area contributed by atoms with E-state index in [9.17, 15) is 4.79 Å². The summed E-state index contributed by atoms with van der Waals surface area (Å²) in [6, 6.07) is 17.5. The zero-order chi connectivity index (χ0) is 20.1. The smallest absolute Gasteiger partial charge is 0.250 e. The number of carbonyl (C=O) groups is 1. The average Bonchev–Trinajstić information content (AvgIpc) is 3.26. The summed E-state index contributed by atoms with van der Waals surface area (Å²) < 4.78 is 7.19. The summed E-state index contributed by atoms with van der Waals surface area (Å²) in [6.45, 7) is 5.28. The number of para-hydroxylation sites is 1. The molecule has 1 aromatic heterocycles. The summed E-state index contributed by atoms with van der Waals surface area (Å²) in [7, 11) is 0. The van der Waals surface area contributed by atoms with Crippen LogP contribution in [-0.2, 0) is 11.2 Å². The Bertz CT molecular complexity index is 933. The first kappa shape index (κ1) is 18.9. The Morgan fingerprint density at radius 1 is 1.00 bits per heavy atom. The Labute approximate surface area is 169 Å². The van der Waals surface area contributed by atoms with Crippen LogP contribution in [0.5, 0.6) is 5.75 Å². The number of hydrogen-bond acceptors (Lipinski definition) is 6. The Balaban J connectivity index is 1.35. The number of anilines is 1. The Kier molecular flexibility index (Phi) is 5.69. The molecule has 1 aliphatic rings. The number of nitrogens with zero attached hydrogens (tertiary/aromatic N) is 6. The lowest BCUT2D eigenvalue weighted by Crippen LogP contribution is -2.50. The average molecular weight is 392 g/mol. The van der Waals surface area contributed by atoms with E-state index < -0.39 is 0 Å². The van der Waals surface area contributed by atoms with E-state index in [4.69, 9.17) is 4.74 Å². The van der Waals surface area contributed by atoms with Crippen molar-refractivity contribution in [2.24, 2.45) is 0 Å². The molecule has 0 aliphatic carbocycles. The number of aromatic nitrogens is 4. The summed E-state index contributed by atoms with van der Waals surface area (Å²) in [5.74, 6) is 1.67. The van der Waals surface area contributed by atoms with E-state index in [1.165, 1.54) is 0 Å². The van der Waals surface area contributed by atoms with Gasteiger partial charge in [-0.25, -0.2) is 0 Å². The van der Waals surface area contributed by atoms with Crippen molar-refractivity contribution in [3.8, 4) is 11.4 Å². The molecular formula is C21H24N6O2. The van der Waals surface area contributed by atoms with E-state index in [1.807, 2.05) is 66.4 Å². The second kappa shape index (κ2) is 8.72. The molecule has 1 amide bonds. The highest BCUT2D eigenvalue weighted by Gasteiger charge is 2.24. The van der Waals surface area contributed by atoms with Crippen LogP contribution in [0.3, 0.4) is 0 Å². The van der Waals surface area contributed by atoms with Crippen molar-refractivity contribution in [2.75, 3.05) is 37.7 Å². The molecule has 4 rings (SSSR count). The van der Waals surface area contributed by atoms with Crippen LogP contribution in [-0.4, -0.2) is 63.8 Å². The van der Waals surface area contributed by atoms with Crippen LogP contribution in [0.1, 0.15) is 12.5 Å². The number of amides is 1. The number of benzene rings is 2. The molecule has 2 heterocycles. The molecule has 8 heteroatoms. The van der Waals surface area contributed by atoms with E-state index in [2.05, 4.69) is 20.4 Å². The minimum absolute atomic E-state index is 0.136. The van der Waals surface area contributed by atoms with Crippen molar-refractivity contribution >= 4 is 11.9 Å². The number of ether oxygens (including phenoxy) is 1. The molecule has 8 nitrogen and oxygen atoms in total. The van der Waals surface area contributed by atoms with E-state index in [0.717, 1.165) is 17.0 Å². The van der Waals surface area contributed by atoms with E-state index in [0.29, 0.717) is 45.2 Å². The SMILES string of the molecule is CCOc1ccc(CC(=O)N2CCN(c3nnnn3-c3ccccc3)CC2)cc1. The van der Waals surface area contributed by atoms with Gasteiger partial charge in [-0.1, -0.05) is 35.4 Å². The van der Waals surface area contributed by atoms with Gasteiger partial charge in [0, 0.05) is 26.2 Å². The van der Waals surface area contributed by atoms with Crippen LogP contribution in [0, 0.1) is 0 Å². The number of rotatable bonds is 6. The lowest BCUT2D eigenvalue weighted by atomic mass is 10.1. The van der Waals surface area contributed by atoms with Gasteiger partial charge >= 0.3 is 0 Å². The minimum Gasteiger partial charge on any atom is -0.494 e. The van der Waals surface area contributed by atoms with E-state index in [-0.39, 0.29) is 5.91 Å². The van der Waals surface area contributed by atoms with Gasteiger partial charge in [0.25, 0.3) is 0 Å². The molecule has 0 bridgehead atoms. The molecule has 150 valence electrons. The van der Waals surface area contributed by atoms with Gasteiger partial charge < -0.3 is 14.5 Å². The number of tetrazole rings is 1. The first-order valence-corrected chi connectivity index (χ1v) is 9.83. The molecule has 2 aromatic carbocycles. The normalized spacial score (nSPS) is 14.1. The Morgan fingerprint density at radius 3 is 2.41 bits per heavy atom. The second-order valence-electron chi connectivity index (χ2n) is 6.85. The molecule has 1 fully saturated rings. The van der Waals surface area contributed by atoms with E-state index >= 15 is 0 Å².